The van der Waals surface area contributed by atoms with Crippen LogP contribution in [0.5, 0.6) is 0 Å². The van der Waals surface area contributed by atoms with E-state index in [-0.39, 0.29) is 36.5 Å². The molecule has 3 aromatic rings. The molecule has 2 aliphatic rings. The fraction of sp³-hybridized carbons (Fsp3) is 0.348. The van der Waals surface area contributed by atoms with Gasteiger partial charge in [-0.3, -0.25) is 4.79 Å². The maximum Gasteiger partial charge on any atom is 0.410 e. The number of hydrogen-bond acceptors (Lipinski definition) is 6. The highest BCUT2D eigenvalue weighted by molar-refractivity contribution is 5.97. The van der Waals surface area contributed by atoms with Gasteiger partial charge in [-0.25, -0.2) is 14.3 Å². The quantitative estimate of drug-likeness (QED) is 0.606. The van der Waals surface area contributed by atoms with Crippen LogP contribution in [0.4, 0.5) is 4.79 Å². The smallest absolute Gasteiger partial charge is 0.410 e. The van der Waals surface area contributed by atoms with E-state index in [2.05, 4.69) is 10.1 Å². The Balaban J connectivity index is 1.26. The van der Waals surface area contributed by atoms with Gasteiger partial charge in [0, 0.05) is 30.4 Å². The summed E-state index contributed by atoms with van der Waals surface area (Å²) in [6.45, 7) is 0.248. The minimum Gasteiger partial charge on any atom is -0.445 e. The molecule has 2 saturated heterocycles. The monoisotopic (exact) mass is 415 g/mol. The van der Waals surface area contributed by atoms with Crippen LogP contribution < -0.4 is 0 Å². The molecule has 31 heavy (non-hydrogen) atoms. The van der Waals surface area contributed by atoms with Gasteiger partial charge < -0.3 is 9.64 Å². The Kier molecular flexibility index (Phi) is 4.86. The van der Waals surface area contributed by atoms with Crippen LogP contribution in [0.2, 0.25) is 0 Å². The van der Waals surface area contributed by atoms with Gasteiger partial charge in [0.2, 0.25) is 0 Å². The summed E-state index contributed by atoms with van der Waals surface area (Å²) in [7, 11) is 0. The number of ether oxygens (including phenoxy) is 1. The molecule has 8 nitrogen and oxygen atoms in total. The van der Waals surface area contributed by atoms with Crippen molar-refractivity contribution in [3.63, 3.8) is 0 Å². The van der Waals surface area contributed by atoms with Gasteiger partial charge in [0.05, 0.1) is 11.8 Å². The highest BCUT2D eigenvalue weighted by Crippen LogP contribution is 2.40. The zero-order valence-electron chi connectivity index (χ0n) is 16.8. The third-order valence-corrected chi connectivity index (χ3v) is 6.28. The van der Waals surface area contributed by atoms with Crippen molar-refractivity contribution in [2.24, 2.45) is 5.92 Å². The van der Waals surface area contributed by atoms with E-state index < -0.39 is 0 Å². The first-order valence-electron chi connectivity index (χ1n) is 10.4. The molecule has 5 rings (SSSR count). The molecule has 0 N–H and O–H groups in total. The Hall–Kier alpha value is -3.73. The van der Waals surface area contributed by atoms with Gasteiger partial charge in [0.15, 0.2) is 11.4 Å². The molecule has 1 amide bonds. The largest absolute Gasteiger partial charge is 0.445 e. The molecule has 2 aromatic heterocycles. The molecule has 1 aromatic carbocycles. The fourth-order valence-corrected chi connectivity index (χ4v) is 4.80. The van der Waals surface area contributed by atoms with Crippen LogP contribution in [0.15, 0.2) is 48.9 Å². The highest BCUT2D eigenvalue weighted by Gasteiger charge is 2.46. The van der Waals surface area contributed by atoms with Gasteiger partial charge in [0.25, 0.3) is 0 Å². The van der Waals surface area contributed by atoms with Gasteiger partial charge in [-0.2, -0.15) is 10.4 Å². The SMILES string of the molecule is N#Cc1cnn2cc(C(=O)C3CC4CCC(C3)N4C(=O)OCc3ccccc3)cnc12. The first kappa shape index (κ1) is 19.2. The molecule has 156 valence electrons. The number of nitriles is 1. The number of carbonyl (C=O) groups excluding carboxylic acids is 2. The van der Waals surface area contributed by atoms with Crippen molar-refractivity contribution in [2.45, 2.75) is 44.4 Å². The van der Waals surface area contributed by atoms with Crippen molar-refractivity contribution < 1.29 is 14.3 Å². The van der Waals surface area contributed by atoms with Crippen molar-refractivity contribution in [3.05, 3.63) is 65.6 Å². The number of amides is 1. The standard InChI is InChI=1S/C23H21N5O3/c24-10-17-12-26-27-13-18(11-25-22(17)27)21(29)16-8-19-6-7-20(9-16)28(19)23(30)31-14-15-4-2-1-3-5-15/h1-5,11-13,16,19-20H,6-9,14H2. The van der Waals surface area contributed by atoms with Crippen LogP contribution >= 0.6 is 0 Å². The van der Waals surface area contributed by atoms with Crippen molar-refractivity contribution in [1.82, 2.24) is 19.5 Å². The van der Waals surface area contributed by atoms with E-state index in [1.807, 2.05) is 41.3 Å². The lowest BCUT2D eigenvalue weighted by Crippen LogP contribution is -2.48. The number of piperidine rings is 1. The number of hydrogen-bond donors (Lipinski definition) is 0. The number of aromatic nitrogens is 3. The highest BCUT2D eigenvalue weighted by atomic mass is 16.6. The molecule has 2 unspecified atom stereocenters. The summed E-state index contributed by atoms with van der Waals surface area (Å²) in [6, 6.07) is 11.7. The number of benzene rings is 1. The Morgan fingerprint density at radius 3 is 2.58 bits per heavy atom. The number of rotatable bonds is 4. The van der Waals surface area contributed by atoms with Crippen LogP contribution in [0.1, 0.15) is 47.2 Å². The summed E-state index contributed by atoms with van der Waals surface area (Å²) < 4.78 is 7.01. The molecule has 8 heteroatoms. The molecule has 4 heterocycles. The molecule has 2 atom stereocenters. The Bertz CT molecular complexity index is 1170. The summed E-state index contributed by atoms with van der Waals surface area (Å²) >= 11 is 0. The summed E-state index contributed by atoms with van der Waals surface area (Å²) in [6.07, 6.45) is 7.30. The van der Waals surface area contributed by atoms with E-state index in [1.165, 1.54) is 16.9 Å². The second kappa shape index (κ2) is 7.84. The van der Waals surface area contributed by atoms with E-state index >= 15 is 0 Å². The van der Waals surface area contributed by atoms with Gasteiger partial charge in [-0.05, 0) is 31.2 Å². The topological polar surface area (TPSA) is 101 Å². The number of fused-ring (bicyclic) bond motifs is 3. The number of carbonyl (C=O) groups is 2. The lowest BCUT2D eigenvalue weighted by atomic mass is 9.85. The van der Waals surface area contributed by atoms with E-state index in [1.54, 1.807) is 6.20 Å². The molecule has 0 radical (unpaired) electrons. The normalized spacial score (nSPS) is 22.3. The lowest BCUT2D eigenvalue weighted by molar-refractivity contribution is 0.0485. The lowest BCUT2D eigenvalue weighted by Gasteiger charge is -2.37. The number of nitrogens with zero attached hydrogens (tertiary/aromatic N) is 5. The van der Waals surface area contributed by atoms with Crippen LogP contribution in [0.25, 0.3) is 5.65 Å². The van der Waals surface area contributed by atoms with Crippen molar-refractivity contribution >= 4 is 17.5 Å². The first-order chi connectivity index (χ1) is 15.1. The minimum atomic E-state index is -0.300. The summed E-state index contributed by atoms with van der Waals surface area (Å²) in [5, 5.41) is 13.2. The van der Waals surface area contributed by atoms with Crippen LogP contribution in [0.3, 0.4) is 0 Å². The molecular formula is C23H21N5O3. The van der Waals surface area contributed by atoms with E-state index in [4.69, 9.17) is 10.00 Å². The summed E-state index contributed by atoms with van der Waals surface area (Å²) in [5.41, 5.74) is 2.24. The third kappa shape index (κ3) is 3.52. The molecule has 2 fully saturated rings. The van der Waals surface area contributed by atoms with Crippen LogP contribution in [-0.2, 0) is 11.3 Å². The predicted octanol–water partition coefficient (Wildman–Crippen LogP) is 3.36. The van der Waals surface area contributed by atoms with Crippen molar-refractivity contribution in [1.29, 1.82) is 5.26 Å². The van der Waals surface area contributed by atoms with Crippen molar-refractivity contribution in [2.75, 3.05) is 0 Å². The third-order valence-electron chi connectivity index (χ3n) is 6.28. The second-order valence-electron chi connectivity index (χ2n) is 8.15. The van der Waals surface area contributed by atoms with Gasteiger partial charge >= 0.3 is 6.09 Å². The van der Waals surface area contributed by atoms with E-state index in [9.17, 15) is 9.59 Å². The Labute approximate surface area is 179 Å². The van der Waals surface area contributed by atoms with E-state index in [0.29, 0.717) is 29.6 Å². The first-order valence-corrected chi connectivity index (χ1v) is 10.4. The fourth-order valence-electron chi connectivity index (χ4n) is 4.80. The maximum absolute atomic E-state index is 13.1. The summed E-state index contributed by atoms with van der Waals surface area (Å²) in [5.74, 6) is -0.154. The molecule has 0 spiro atoms. The van der Waals surface area contributed by atoms with Crippen LogP contribution in [0, 0.1) is 17.2 Å². The summed E-state index contributed by atoms with van der Waals surface area (Å²) in [4.78, 5) is 32.0. The van der Waals surface area contributed by atoms with Gasteiger partial charge in [-0.1, -0.05) is 30.3 Å². The molecule has 2 bridgehead atoms. The van der Waals surface area contributed by atoms with Gasteiger partial charge in [0.1, 0.15) is 18.2 Å². The average Bonchev–Trinajstić information content (AvgIpc) is 3.34. The predicted molar refractivity (Wildman–Crippen MR) is 110 cm³/mol. The van der Waals surface area contributed by atoms with Crippen molar-refractivity contribution in [3.8, 4) is 6.07 Å². The zero-order chi connectivity index (χ0) is 21.4. The second-order valence-corrected chi connectivity index (χ2v) is 8.15. The number of ketones is 1. The van der Waals surface area contributed by atoms with E-state index in [0.717, 1.165) is 18.4 Å². The Morgan fingerprint density at radius 1 is 1.13 bits per heavy atom. The molecular weight excluding hydrogens is 394 g/mol. The Morgan fingerprint density at radius 2 is 1.87 bits per heavy atom. The van der Waals surface area contributed by atoms with Gasteiger partial charge in [-0.15, -0.1) is 0 Å². The molecule has 2 aliphatic heterocycles. The average molecular weight is 415 g/mol. The minimum absolute atomic E-state index is 0.0117. The molecule has 0 aliphatic carbocycles. The van der Waals surface area contributed by atoms with Crippen LogP contribution in [-0.4, -0.2) is 43.5 Å². The number of Topliss-reactive ketones (excluding diaryl/α,β-unsaturated/α-hetero) is 1. The molecule has 0 saturated carbocycles. The maximum atomic E-state index is 13.1. The zero-order valence-corrected chi connectivity index (χ0v) is 16.8.